The van der Waals surface area contributed by atoms with Gasteiger partial charge >= 0.3 is 0 Å². The molecule has 1 aromatic heterocycles. The molecule has 0 amide bonds. The molecule has 2 aromatic rings. The topological polar surface area (TPSA) is 59.1 Å². The zero-order valence-electron chi connectivity index (χ0n) is 10.5. The number of sulfonamides is 1. The Morgan fingerprint density at radius 3 is 2.68 bits per heavy atom. The lowest BCUT2D eigenvalue weighted by molar-refractivity contribution is 0.581. The van der Waals surface area contributed by atoms with Crippen molar-refractivity contribution in [2.24, 2.45) is 0 Å². The molecule has 0 aliphatic carbocycles. The van der Waals surface area contributed by atoms with Gasteiger partial charge in [-0.2, -0.15) is 0 Å². The normalized spacial score (nSPS) is 11.7. The van der Waals surface area contributed by atoms with Gasteiger partial charge in [0.1, 0.15) is 9.90 Å². The Kier molecular flexibility index (Phi) is 4.25. The number of benzene rings is 1. The molecule has 0 fully saturated rings. The highest BCUT2D eigenvalue weighted by molar-refractivity contribution is 7.89. The van der Waals surface area contributed by atoms with E-state index in [0.717, 1.165) is 16.3 Å². The minimum absolute atomic E-state index is 0.0908. The Hall–Kier alpha value is -0.950. The number of hydrogen-bond donors (Lipinski definition) is 1. The number of rotatable bonds is 4. The van der Waals surface area contributed by atoms with Gasteiger partial charge in [-0.1, -0.05) is 17.7 Å². The first-order valence-electron chi connectivity index (χ1n) is 5.55. The first-order valence-corrected chi connectivity index (χ1v) is 8.29. The van der Waals surface area contributed by atoms with Crippen LogP contribution in [0.2, 0.25) is 5.02 Å². The van der Waals surface area contributed by atoms with Crippen LogP contribution in [0.25, 0.3) is 0 Å². The maximum Gasteiger partial charge on any atom is 0.242 e. The molecular weight excluding hydrogens is 304 g/mol. The predicted molar refractivity (Wildman–Crippen MR) is 77.1 cm³/mol. The summed E-state index contributed by atoms with van der Waals surface area (Å²) in [6, 6.07) is 4.85. The van der Waals surface area contributed by atoms with Crippen molar-refractivity contribution in [3.05, 3.63) is 44.9 Å². The summed E-state index contributed by atoms with van der Waals surface area (Å²) in [5.41, 5.74) is 1.80. The molecule has 7 heteroatoms. The van der Waals surface area contributed by atoms with Crippen LogP contribution in [0.3, 0.4) is 0 Å². The Morgan fingerprint density at radius 1 is 1.37 bits per heavy atom. The van der Waals surface area contributed by atoms with Gasteiger partial charge in [-0.3, -0.25) is 0 Å². The van der Waals surface area contributed by atoms with Gasteiger partial charge in [0.25, 0.3) is 0 Å². The van der Waals surface area contributed by atoms with E-state index in [-0.39, 0.29) is 16.5 Å². The molecule has 0 unspecified atom stereocenters. The van der Waals surface area contributed by atoms with Gasteiger partial charge in [0.15, 0.2) is 0 Å². The highest BCUT2D eigenvalue weighted by Gasteiger charge is 2.18. The van der Waals surface area contributed by atoms with Crippen LogP contribution in [-0.2, 0) is 16.6 Å². The van der Waals surface area contributed by atoms with Crippen molar-refractivity contribution in [1.29, 1.82) is 0 Å². The quantitative estimate of drug-likeness (QED) is 0.943. The van der Waals surface area contributed by atoms with Crippen molar-refractivity contribution in [3.63, 3.8) is 0 Å². The second-order valence-corrected chi connectivity index (χ2v) is 7.23. The maximum absolute atomic E-state index is 12.1. The first-order chi connectivity index (χ1) is 8.88. The number of hydrogen-bond acceptors (Lipinski definition) is 4. The van der Waals surface area contributed by atoms with Crippen LogP contribution in [-0.4, -0.2) is 13.4 Å². The molecule has 0 bridgehead atoms. The molecular formula is C12H13ClN2O2S2. The van der Waals surface area contributed by atoms with Crippen LogP contribution >= 0.6 is 22.9 Å². The second kappa shape index (κ2) is 5.58. The lowest BCUT2D eigenvalue weighted by atomic mass is 10.2. The fourth-order valence-corrected chi connectivity index (χ4v) is 3.93. The average molecular weight is 317 g/mol. The fourth-order valence-electron chi connectivity index (χ4n) is 1.54. The van der Waals surface area contributed by atoms with Crippen molar-refractivity contribution in [2.75, 3.05) is 0 Å². The molecule has 102 valence electrons. The standard InChI is InChI=1S/C12H13ClN2O2S2/c1-8-3-4-11(10(13)5-8)19(16,17)14-6-12-15-9(2)7-18-12/h3-5,7,14H,6H2,1-2H3. The molecule has 4 nitrogen and oxygen atoms in total. The summed E-state index contributed by atoms with van der Waals surface area (Å²) in [7, 11) is -3.61. The summed E-state index contributed by atoms with van der Waals surface area (Å²) in [6.07, 6.45) is 0. The highest BCUT2D eigenvalue weighted by atomic mass is 35.5. The van der Waals surface area contributed by atoms with E-state index in [1.807, 2.05) is 19.2 Å². The van der Waals surface area contributed by atoms with Crippen molar-refractivity contribution in [3.8, 4) is 0 Å². The zero-order valence-corrected chi connectivity index (χ0v) is 12.9. The van der Waals surface area contributed by atoms with Crippen LogP contribution in [0.15, 0.2) is 28.5 Å². The van der Waals surface area contributed by atoms with Crippen LogP contribution in [0, 0.1) is 13.8 Å². The molecule has 0 radical (unpaired) electrons. The summed E-state index contributed by atoms with van der Waals surface area (Å²) in [5, 5.41) is 2.83. The smallest absolute Gasteiger partial charge is 0.242 e. The molecule has 0 spiro atoms. The predicted octanol–water partition coefficient (Wildman–Crippen LogP) is 2.89. The molecule has 1 N–H and O–H groups in total. The number of aryl methyl sites for hydroxylation is 2. The van der Waals surface area contributed by atoms with E-state index in [2.05, 4.69) is 9.71 Å². The van der Waals surface area contributed by atoms with E-state index in [4.69, 9.17) is 11.6 Å². The molecule has 0 atom stereocenters. The summed E-state index contributed by atoms with van der Waals surface area (Å²) >= 11 is 7.39. The second-order valence-electron chi connectivity index (χ2n) is 4.14. The van der Waals surface area contributed by atoms with Gasteiger partial charge < -0.3 is 0 Å². The van der Waals surface area contributed by atoms with Crippen LogP contribution in [0.5, 0.6) is 0 Å². The fraction of sp³-hybridized carbons (Fsp3) is 0.250. The van der Waals surface area contributed by atoms with E-state index in [0.29, 0.717) is 0 Å². The largest absolute Gasteiger partial charge is 0.245 e. The number of nitrogens with one attached hydrogen (secondary N) is 1. The highest BCUT2D eigenvalue weighted by Crippen LogP contribution is 2.22. The van der Waals surface area contributed by atoms with Crippen molar-refractivity contribution in [2.45, 2.75) is 25.3 Å². The third-order valence-electron chi connectivity index (χ3n) is 2.46. The van der Waals surface area contributed by atoms with Gasteiger partial charge in [0, 0.05) is 11.1 Å². The first kappa shape index (κ1) is 14.5. The Bertz CT molecular complexity index is 696. The number of aromatic nitrogens is 1. The molecule has 19 heavy (non-hydrogen) atoms. The van der Waals surface area contributed by atoms with Crippen LogP contribution < -0.4 is 4.72 Å². The van der Waals surface area contributed by atoms with Crippen LogP contribution in [0.4, 0.5) is 0 Å². The van der Waals surface area contributed by atoms with E-state index in [9.17, 15) is 8.42 Å². The third-order valence-corrected chi connectivity index (χ3v) is 5.31. The Balaban J connectivity index is 2.18. The number of halogens is 1. The minimum Gasteiger partial charge on any atom is -0.245 e. The molecule has 1 aromatic carbocycles. The molecule has 0 saturated carbocycles. The van der Waals surface area contributed by atoms with Crippen molar-refractivity contribution in [1.82, 2.24) is 9.71 Å². The van der Waals surface area contributed by atoms with Crippen molar-refractivity contribution >= 4 is 33.0 Å². The Morgan fingerprint density at radius 2 is 2.11 bits per heavy atom. The van der Waals surface area contributed by atoms with E-state index in [1.54, 1.807) is 12.1 Å². The van der Waals surface area contributed by atoms with E-state index < -0.39 is 10.0 Å². The lowest BCUT2D eigenvalue weighted by Gasteiger charge is -2.07. The zero-order chi connectivity index (χ0) is 14.0. The Labute approximate surface area is 121 Å². The number of thiazole rings is 1. The van der Waals surface area contributed by atoms with Crippen molar-refractivity contribution < 1.29 is 8.42 Å². The summed E-state index contributed by atoms with van der Waals surface area (Å²) in [5.74, 6) is 0. The van der Waals surface area contributed by atoms with Gasteiger partial charge in [-0.25, -0.2) is 18.1 Å². The average Bonchev–Trinajstić information content (AvgIpc) is 2.72. The molecule has 0 aliphatic heterocycles. The van der Waals surface area contributed by atoms with E-state index in [1.165, 1.54) is 17.4 Å². The molecule has 2 rings (SSSR count). The minimum atomic E-state index is -3.61. The van der Waals surface area contributed by atoms with Crippen LogP contribution in [0.1, 0.15) is 16.3 Å². The maximum atomic E-state index is 12.1. The van der Waals surface area contributed by atoms with Gasteiger partial charge in [0.05, 0.1) is 11.6 Å². The van der Waals surface area contributed by atoms with Gasteiger partial charge in [0.2, 0.25) is 10.0 Å². The third kappa shape index (κ3) is 3.54. The summed E-state index contributed by atoms with van der Waals surface area (Å²) in [6.45, 7) is 3.89. The van der Waals surface area contributed by atoms with Gasteiger partial charge in [-0.15, -0.1) is 11.3 Å². The summed E-state index contributed by atoms with van der Waals surface area (Å²) < 4.78 is 26.8. The number of nitrogens with zero attached hydrogens (tertiary/aromatic N) is 1. The monoisotopic (exact) mass is 316 g/mol. The molecule has 0 aliphatic rings. The lowest BCUT2D eigenvalue weighted by Crippen LogP contribution is -2.23. The SMILES string of the molecule is Cc1ccc(S(=O)(=O)NCc2nc(C)cs2)c(Cl)c1. The molecule has 0 saturated heterocycles. The molecule has 1 heterocycles. The van der Waals surface area contributed by atoms with E-state index >= 15 is 0 Å². The summed E-state index contributed by atoms with van der Waals surface area (Å²) in [4.78, 5) is 4.29. The van der Waals surface area contributed by atoms with Gasteiger partial charge in [-0.05, 0) is 31.5 Å².